The second-order valence-electron chi connectivity index (χ2n) is 7.10. The second kappa shape index (κ2) is 8.90. The molecule has 0 aromatic heterocycles. The lowest BCUT2D eigenvalue weighted by molar-refractivity contribution is -0.146. The first kappa shape index (κ1) is 21.2. The summed E-state index contributed by atoms with van der Waals surface area (Å²) >= 11 is 0. The SMILES string of the molecule is CN(CC(=O)N1CCN(C(=O)C2CCCO2)CC1)S(=O)(=O)c1ccc(C#N)cc1. The van der Waals surface area contributed by atoms with Gasteiger partial charge in [-0.25, -0.2) is 8.42 Å². The minimum atomic E-state index is -3.84. The number of benzene rings is 1. The van der Waals surface area contributed by atoms with Crippen LogP contribution in [-0.4, -0.2) is 86.8 Å². The normalized spacial score (nSPS) is 20.0. The van der Waals surface area contributed by atoms with Crippen LogP contribution in [0.5, 0.6) is 0 Å². The molecule has 0 saturated carbocycles. The molecule has 2 saturated heterocycles. The molecule has 0 bridgehead atoms. The van der Waals surface area contributed by atoms with Gasteiger partial charge in [-0.3, -0.25) is 9.59 Å². The van der Waals surface area contributed by atoms with Crippen molar-refractivity contribution in [2.24, 2.45) is 0 Å². The van der Waals surface area contributed by atoms with E-state index in [-0.39, 0.29) is 29.4 Å². The Morgan fingerprint density at radius 1 is 1.17 bits per heavy atom. The van der Waals surface area contributed by atoms with Gasteiger partial charge in [0, 0.05) is 39.8 Å². The Balaban J connectivity index is 1.54. The largest absolute Gasteiger partial charge is 0.368 e. The van der Waals surface area contributed by atoms with E-state index in [0.717, 1.165) is 17.1 Å². The highest BCUT2D eigenvalue weighted by Gasteiger charge is 2.32. The van der Waals surface area contributed by atoms with Crippen LogP contribution in [0.25, 0.3) is 0 Å². The Labute approximate surface area is 170 Å². The fraction of sp³-hybridized carbons (Fsp3) is 0.526. The molecule has 2 aliphatic heterocycles. The zero-order valence-corrected chi connectivity index (χ0v) is 17.1. The Kier molecular flexibility index (Phi) is 6.52. The first-order valence-corrected chi connectivity index (χ1v) is 10.9. The molecule has 2 amide bonds. The molecule has 1 aromatic carbocycles. The molecule has 29 heavy (non-hydrogen) atoms. The molecule has 0 radical (unpaired) electrons. The summed E-state index contributed by atoms with van der Waals surface area (Å²) in [6.45, 7) is 1.87. The highest BCUT2D eigenvalue weighted by molar-refractivity contribution is 7.89. The minimum Gasteiger partial charge on any atom is -0.368 e. The van der Waals surface area contributed by atoms with Gasteiger partial charge in [-0.15, -0.1) is 0 Å². The number of sulfonamides is 1. The van der Waals surface area contributed by atoms with Crippen LogP contribution in [0.4, 0.5) is 0 Å². The van der Waals surface area contributed by atoms with E-state index in [9.17, 15) is 18.0 Å². The summed E-state index contributed by atoms with van der Waals surface area (Å²) in [7, 11) is -2.49. The molecule has 156 valence electrons. The lowest BCUT2D eigenvalue weighted by Crippen LogP contribution is -2.54. The summed E-state index contributed by atoms with van der Waals surface area (Å²) < 4.78 is 31.7. The molecule has 1 unspecified atom stereocenters. The third-order valence-corrected chi connectivity index (χ3v) is 7.02. The third-order valence-electron chi connectivity index (χ3n) is 5.20. The lowest BCUT2D eigenvalue weighted by atomic mass is 10.2. The number of rotatable bonds is 5. The maximum absolute atomic E-state index is 12.6. The number of ether oxygens (including phenoxy) is 1. The summed E-state index contributed by atoms with van der Waals surface area (Å²) in [5, 5.41) is 8.83. The van der Waals surface area contributed by atoms with Gasteiger partial charge in [0.05, 0.1) is 23.1 Å². The average molecular weight is 420 g/mol. The highest BCUT2D eigenvalue weighted by atomic mass is 32.2. The molecule has 2 aliphatic rings. The molecule has 1 aromatic rings. The van der Waals surface area contributed by atoms with E-state index in [1.165, 1.54) is 31.3 Å². The van der Waals surface area contributed by atoms with E-state index < -0.39 is 10.0 Å². The first-order valence-electron chi connectivity index (χ1n) is 9.47. The summed E-state index contributed by atoms with van der Waals surface area (Å²) in [4.78, 5) is 28.3. The van der Waals surface area contributed by atoms with E-state index in [4.69, 9.17) is 10.00 Å². The first-order chi connectivity index (χ1) is 13.8. The summed E-state index contributed by atoms with van der Waals surface area (Å²) in [5.41, 5.74) is 0.359. The number of amides is 2. The molecule has 0 spiro atoms. The Hall–Kier alpha value is -2.48. The van der Waals surface area contributed by atoms with Gasteiger partial charge in [0.25, 0.3) is 5.91 Å². The average Bonchev–Trinajstić information content (AvgIpc) is 3.28. The van der Waals surface area contributed by atoms with Gasteiger partial charge in [0.15, 0.2) is 0 Å². The van der Waals surface area contributed by atoms with Crippen molar-refractivity contribution < 1.29 is 22.7 Å². The number of nitrogens with zero attached hydrogens (tertiary/aromatic N) is 4. The van der Waals surface area contributed by atoms with Gasteiger partial charge in [-0.2, -0.15) is 9.57 Å². The molecule has 2 fully saturated rings. The number of piperazine rings is 1. The summed E-state index contributed by atoms with van der Waals surface area (Å²) in [6.07, 6.45) is 1.24. The number of hydrogen-bond donors (Lipinski definition) is 0. The molecule has 9 nitrogen and oxygen atoms in total. The minimum absolute atomic E-state index is 0.0266. The van der Waals surface area contributed by atoms with Crippen LogP contribution >= 0.6 is 0 Å². The fourth-order valence-corrected chi connectivity index (χ4v) is 4.53. The van der Waals surface area contributed by atoms with Gasteiger partial charge in [-0.1, -0.05) is 0 Å². The Bertz CT molecular complexity index is 896. The highest BCUT2D eigenvalue weighted by Crippen LogP contribution is 2.17. The van der Waals surface area contributed by atoms with Crippen LogP contribution in [-0.2, 0) is 24.3 Å². The van der Waals surface area contributed by atoms with Crippen molar-refractivity contribution in [1.29, 1.82) is 5.26 Å². The zero-order valence-electron chi connectivity index (χ0n) is 16.3. The van der Waals surface area contributed by atoms with Crippen LogP contribution < -0.4 is 0 Å². The summed E-state index contributed by atoms with van der Waals surface area (Å²) in [5.74, 6) is -0.343. The van der Waals surface area contributed by atoms with E-state index in [1.54, 1.807) is 9.80 Å². The number of carbonyl (C=O) groups excluding carboxylic acids is 2. The van der Waals surface area contributed by atoms with E-state index in [1.807, 2.05) is 6.07 Å². The van der Waals surface area contributed by atoms with Crippen molar-refractivity contribution in [3.63, 3.8) is 0 Å². The molecular formula is C19H24N4O5S. The number of hydrogen-bond acceptors (Lipinski definition) is 6. The van der Waals surface area contributed by atoms with E-state index >= 15 is 0 Å². The number of nitriles is 1. The quantitative estimate of drug-likeness (QED) is 0.664. The molecular weight excluding hydrogens is 396 g/mol. The molecule has 0 N–H and O–H groups in total. The maximum Gasteiger partial charge on any atom is 0.251 e. The van der Waals surface area contributed by atoms with Crippen molar-refractivity contribution >= 4 is 21.8 Å². The molecule has 0 aliphatic carbocycles. The smallest absolute Gasteiger partial charge is 0.251 e. The number of carbonyl (C=O) groups is 2. The van der Waals surface area contributed by atoms with Crippen LogP contribution in [0.1, 0.15) is 18.4 Å². The second-order valence-corrected chi connectivity index (χ2v) is 9.15. The standard InChI is InChI=1S/C19H24N4O5S/c1-21(29(26,27)16-6-4-15(13-20)5-7-16)14-18(24)22-8-10-23(11-9-22)19(25)17-3-2-12-28-17/h4-7,17H,2-3,8-12,14H2,1H3. The van der Waals surface area contributed by atoms with E-state index in [0.29, 0.717) is 38.3 Å². The van der Waals surface area contributed by atoms with Crippen LogP contribution in [0, 0.1) is 11.3 Å². The molecule has 3 rings (SSSR count). The third kappa shape index (κ3) is 4.75. The van der Waals surface area contributed by atoms with Gasteiger partial charge < -0.3 is 14.5 Å². The Morgan fingerprint density at radius 3 is 2.34 bits per heavy atom. The fourth-order valence-electron chi connectivity index (χ4n) is 3.41. The monoisotopic (exact) mass is 420 g/mol. The van der Waals surface area contributed by atoms with Crippen molar-refractivity contribution in [2.75, 3.05) is 46.4 Å². The van der Waals surface area contributed by atoms with E-state index in [2.05, 4.69) is 0 Å². The lowest BCUT2D eigenvalue weighted by Gasteiger charge is -2.36. The summed E-state index contributed by atoms with van der Waals surface area (Å²) in [6, 6.07) is 7.48. The molecule has 10 heteroatoms. The van der Waals surface area contributed by atoms with Crippen LogP contribution in [0.2, 0.25) is 0 Å². The predicted molar refractivity (Wildman–Crippen MR) is 103 cm³/mol. The molecule has 1 atom stereocenters. The van der Waals surface area contributed by atoms with Gasteiger partial charge in [0.1, 0.15) is 6.10 Å². The number of likely N-dealkylation sites (N-methyl/N-ethyl adjacent to an activating group) is 1. The van der Waals surface area contributed by atoms with Crippen molar-refractivity contribution in [3.05, 3.63) is 29.8 Å². The maximum atomic E-state index is 12.6. The van der Waals surface area contributed by atoms with Gasteiger partial charge >= 0.3 is 0 Å². The van der Waals surface area contributed by atoms with Crippen LogP contribution in [0.15, 0.2) is 29.2 Å². The molecule has 2 heterocycles. The zero-order chi connectivity index (χ0) is 21.0. The van der Waals surface area contributed by atoms with Gasteiger partial charge in [0.2, 0.25) is 15.9 Å². The van der Waals surface area contributed by atoms with Crippen molar-refractivity contribution in [3.8, 4) is 6.07 Å². The van der Waals surface area contributed by atoms with Crippen LogP contribution in [0.3, 0.4) is 0 Å². The Morgan fingerprint density at radius 2 is 1.79 bits per heavy atom. The van der Waals surface area contributed by atoms with Crippen molar-refractivity contribution in [2.45, 2.75) is 23.8 Å². The van der Waals surface area contributed by atoms with Crippen molar-refractivity contribution in [1.82, 2.24) is 14.1 Å². The van der Waals surface area contributed by atoms with Gasteiger partial charge in [-0.05, 0) is 37.1 Å². The topological polar surface area (TPSA) is 111 Å². The predicted octanol–water partition coefficient (Wildman–Crippen LogP) is 0.0286.